The lowest BCUT2D eigenvalue weighted by atomic mass is 10.1. The van der Waals surface area contributed by atoms with Gasteiger partial charge in [0.05, 0.1) is 12.7 Å². The predicted molar refractivity (Wildman–Crippen MR) is 66.0 cm³/mol. The highest BCUT2D eigenvalue weighted by molar-refractivity contribution is 5.67. The van der Waals surface area contributed by atoms with E-state index < -0.39 is 5.97 Å². The normalized spacial score (nSPS) is 14.8. The first-order valence-corrected chi connectivity index (χ1v) is 6.04. The molecule has 0 aliphatic carbocycles. The summed E-state index contributed by atoms with van der Waals surface area (Å²) < 4.78 is 5.32. The van der Waals surface area contributed by atoms with Crippen molar-refractivity contribution in [2.45, 2.75) is 45.7 Å². The van der Waals surface area contributed by atoms with E-state index in [0.717, 1.165) is 18.7 Å². The zero-order chi connectivity index (χ0) is 12.8. The molecular formula is C13H21NO3. The van der Waals surface area contributed by atoms with Crippen LogP contribution in [0.15, 0.2) is 22.8 Å². The van der Waals surface area contributed by atoms with Crippen molar-refractivity contribution in [2.24, 2.45) is 0 Å². The molecule has 1 heterocycles. The molecule has 0 saturated carbocycles. The summed E-state index contributed by atoms with van der Waals surface area (Å²) in [6.45, 7) is 6.95. The van der Waals surface area contributed by atoms with E-state index in [2.05, 4.69) is 18.7 Å². The quantitative estimate of drug-likeness (QED) is 0.793. The molecule has 2 atom stereocenters. The molecule has 96 valence electrons. The predicted octanol–water partition coefficient (Wildman–Crippen LogP) is 2.40. The van der Waals surface area contributed by atoms with Crippen LogP contribution in [0.5, 0.6) is 0 Å². The van der Waals surface area contributed by atoms with Crippen LogP contribution in [0, 0.1) is 0 Å². The third-order valence-electron chi connectivity index (χ3n) is 3.04. The van der Waals surface area contributed by atoms with E-state index in [1.807, 2.05) is 19.1 Å². The Hall–Kier alpha value is -1.29. The van der Waals surface area contributed by atoms with E-state index in [1.54, 1.807) is 6.26 Å². The monoisotopic (exact) mass is 239 g/mol. The number of carboxylic acid groups (broad SMARTS) is 1. The number of aliphatic carboxylic acids is 1. The molecule has 1 rings (SSSR count). The van der Waals surface area contributed by atoms with Crippen LogP contribution in [0.2, 0.25) is 0 Å². The van der Waals surface area contributed by atoms with Crippen LogP contribution in [0.1, 0.15) is 33.0 Å². The second-order valence-electron chi connectivity index (χ2n) is 4.41. The maximum atomic E-state index is 10.7. The van der Waals surface area contributed by atoms with Gasteiger partial charge in [-0.3, -0.25) is 9.69 Å². The Bertz CT molecular complexity index is 334. The summed E-state index contributed by atoms with van der Waals surface area (Å²) in [6, 6.07) is 4.15. The molecule has 0 radical (unpaired) electrons. The molecule has 1 N–H and O–H groups in total. The molecule has 0 aliphatic rings. The van der Waals surface area contributed by atoms with Crippen LogP contribution in [-0.4, -0.2) is 34.6 Å². The lowest BCUT2D eigenvalue weighted by molar-refractivity contribution is -0.138. The Morgan fingerprint density at radius 3 is 2.65 bits per heavy atom. The Balaban J connectivity index is 2.56. The fraction of sp³-hybridized carbons (Fsp3) is 0.615. The molecule has 1 aromatic heterocycles. The van der Waals surface area contributed by atoms with Gasteiger partial charge in [0.1, 0.15) is 5.76 Å². The topological polar surface area (TPSA) is 53.7 Å². The van der Waals surface area contributed by atoms with Crippen molar-refractivity contribution in [1.82, 2.24) is 4.90 Å². The van der Waals surface area contributed by atoms with E-state index in [1.165, 1.54) is 0 Å². The van der Waals surface area contributed by atoms with Crippen molar-refractivity contribution in [3.8, 4) is 0 Å². The molecule has 0 spiro atoms. The van der Waals surface area contributed by atoms with Gasteiger partial charge in [0.2, 0.25) is 0 Å². The summed E-state index contributed by atoms with van der Waals surface area (Å²) in [7, 11) is 0. The van der Waals surface area contributed by atoms with Crippen molar-refractivity contribution in [3.05, 3.63) is 24.2 Å². The van der Waals surface area contributed by atoms with Crippen LogP contribution >= 0.6 is 0 Å². The number of rotatable bonds is 7. The molecule has 2 unspecified atom stereocenters. The minimum atomic E-state index is -0.749. The van der Waals surface area contributed by atoms with Gasteiger partial charge in [-0.25, -0.2) is 0 Å². The fourth-order valence-electron chi connectivity index (χ4n) is 2.26. The Labute approximate surface area is 102 Å². The molecule has 0 bridgehead atoms. The fourth-order valence-corrected chi connectivity index (χ4v) is 2.26. The Morgan fingerprint density at radius 2 is 2.18 bits per heavy atom. The van der Waals surface area contributed by atoms with Gasteiger partial charge >= 0.3 is 5.97 Å². The van der Waals surface area contributed by atoms with Crippen molar-refractivity contribution >= 4 is 5.97 Å². The lowest BCUT2D eigenvalue weighted by Gasteiger charge is -2.32. The van der Waals surface area contributed by atoms with Gasteiger partial charge in [0, 0.05) is 18.5 Å². The van der Waals surface area contributed by atoms with Crippen LogP contribution in [-0.2, 0) is 11.2 Å². The smallest absolute Gasteiger partial charge is 0.304 e. The molecule has 4 nitrogen and oxygen atoms in total. The van der Waals surface area contributed by atoms with Crippen molar-refractivity contribution in [1.29, 1.82) is 0 Å². The zero-order valence-corrected chi connectivity index (χ0v) is 10.7. The van der Waals surface area contributed by atoms with Gasteiger partial charge < -0.3 is 9.52 Å². The maximum Gasteiger partial charge on any atom is 0.304 e. The number of nitrogens with zero attached hydrogens (tertiary/aromatic N) is 1. The standard InChI is InChI=1S/C13H21NO3/c1-4-14(11(3)9-13(15)16)10(2)8-12-6-5-7-17-12/h5-7,10-11H,4,8-9H2,1-3H3,(H,15,16). The summed E-state index contributed by atoms with van der Waals surface area (Å²) in [4.78, 5) is 12.9. The highest BCUT2D eigenvalue weighted by Gasteiger charge is 2.21. The molecule has 17 heavy (non-hydrogen) atoms. The molecular weight excluding hydrogens is 218 g/mol. The van der Waals surface area contributed by atoms with E-state index in [9.17, 15) is 4.79 Å². The Morgan fingerprint density at radius 1 is 1.47 bits per heavy atom. The van der Waals surface area contributed by atoms with E-state index in [4.69, 9.17) is 9.52 Å². The average Bonchev–Trinajstić information content (AvgIpc) is 2.70. The second-order valence-corrected chi connectivity index (χ2v) is 4.41. The summed E-state index contributed by atoms with van der Waals surface area (Å²) in [6.07, 6.45) is 2.65. The Kier molecular flexibility index (Phi) is 5.22. The minimum Gasteiger partial charge on any atom is -0.481 e. The first-order chi connectivity index (χ1) is 8.04. The third-order valence-corrected chi connectivity index (χ3v) is 3.04. The van der Waals surface area contributed by atoms with Crippen LogP contribution in [0.4, 0.5) is 0 Å². The molecule has 0 aromatic carbocycles. The third kappa shape index (κ3) is 4.23. The largest absolute Gasteiger partial charge is 0.481 e. The number of furan rings is 1. The molecule has 4 heteroatoms. The molecule has 1 aromatic rings. The SMILES string of the molecule is CCN(C(C)CC(=O)O)C(C)Cc1ccco1. The molecule has 0 fully saturated rings. The first-order valence-electron chi connectivity index (χ1n) is 6.04. The van der Waals surface area contributed by atoms with Gasteiger partial charge in [-0.05, 0) is 32.5 Å². The molecule has 0 aliphatic heterocycles. The number of hydrogen-bond acceptors (Lipinski definition) is 3. The molecule has 0 saturated heterocycles. The summed E-state index contributed by atoms with van der Waals surface area (Å²) >= 11 is 0. The summed E-state index contributed by atoms with van der Waals surface area (Å²) in [5, 5.41) is 8.82. The second kappa shape index (κ2) is 6.45. The number of likely N-dealkylation sites (N-methyl/N-ethyl adjacent to an activating group) is 1. The first kappa shape index (κ1) is 13.8. The van der Waals surface area contributed by atoms with Gasteiger partial charge in [-0.1, -0.05) is 6.92 Å². The minimum absolute atomic E-state index is 0.0439. The van der Waals surface area contributed by atoms with E-state index >= 15 is 0 Å². The van der Waals surface area contributed by atoms with Crippen LogP contribution in [0.25, 0.3) is 0 Å². The highest BCUT2D eigenvalue weighted by Crippen LogP contribution is 2.14. The number of carboxylic acids is 1. The van der Waals surface area contributed by atoms with Crippen molar-refractivity contribution in [2.75, 3.05) is 6.54 Å². The van der Waals surface area contributed by atoms with Crippen LogP contribution in [0.3, 0.4) is 0 Å². The van der Waals surface area contributed by atoms with Gasteiger partial charge in [-0.15, -0.1) is 0 Å². The van der Waals surface area contributed by atoms with Gasteiger partial charge in [-0.2, -0.15) is 0 Å². The lowest BCUT2D eigenvalue weighted by Crippen LogP contribution is -2.42. The summed E-state index contributed by atoms with van der Waals surface area (Å²) in [5.41, 5.74) is 0. The zero-order valence-electron chi connectivity index (χ0n) is 10.7. The highest BCUT2D eigenvalue weighted by atomic mass is 16.4. The maximum absolute atomic E-state index is 10.7. The van der Waals surface area contributed by atoms with Crippen molar-refractivity contribution < 1.29 is 14.3 Å². The van der Waals surface area contributed by atoms with Gasteiger partial charge in [0.15, 0.2) is 0 Å². The van der Waals surface area contributed by atoms with Gasteiger partial charge in [0.25, 0.3) is 0 Å². The van der Waals surface area contributed by atoms with E-state index in [0.29, 0.717) is 0 Å². The summed E-state index contributed by atoms with van der Waals surface area (Å²) in [5.74, 6) is 0.194. The van der Waals surface area contributed by atoms with E-state index in [-0.39, 0.29) is 18.5 Å². The van der Waals surface area contributed by atoms with Crippen molar-refractivity contribution in [3.63, 3.8) is 0 Å². The average molecular weight is 239 g/mol. The van der Waals surface area contributed by atoms with Crippen LogP contribution < -0.4 is 0 Å². The molecule has 0 amide bonds. The number of hydrogen-bond donors (Lipinski definition) is 1. The number of carbonyl (C=O) groups is 1.